The molecule has 3 nitrogen and oxygen atoms in total. The van der Waals surface area contributed by atoms with E-state index in [1.54, 1.807) is 6.92 Å². The van der Waals surface area contributed by atoms with E-state index in [-0.39, 0.29) is 5.91 Å². The van der Waals surface area contributed by atoms with Gasteiger partial charge in [0, 0.05) is 32.1 Å². The van der Waals surface area contributed by atoms with Gasteiger partial charge in [0.15, 0.2) is 0 Å². The normalized spacial score (nSPS) is 27.5. The molecular weight excluding hydrogens is 188 g/mol. The number of piperidine rings is 1. The van der Waals surface area contributed by atoms with Gasteiger partial charge in [-0.05, 0) is 32.1 Å². The second-order valence-electron chi connectivity index (χ2n) is 4.90. The van der Waals surface area contributed by atoms with Gasteiger partial charge in [-0.15, -0.1) is 0 Å². The first-order valence-electron chi connectivity index (χ1n) is 6.28. The molecular formula is C12H22N2O. The highest BCUT2D eigenvalue weighted by atomic mass is 16.2. The first-order chi connectivity index (χ1) is 7.27. The Balaban J connectivity index is 1.78. The molecule has 0 bridgehead atoms. The van der Waals surface area contributed by atoms with Crippen LogP contribution in [0, 0.1) is 0 Å². The van der Waals surface area contributed by atoms with Crippen LogP contribution in [-0.4, -0.2) is 36.0 Å². The standard InChI is InChI=1S/C12H22N2O/c1-10(15)14-8-3-2-7-12(14)9-13-11-5-4-6-11/h11-13H,2-9H2,1H3. The van der Waals surface area contributed by atoms with Crippen LogP contribution in [0.15, 0.2) is 0 Å². The average Bonchev–Trinajstić information content (AvgIpc) is 2.16. The first kappa shape index (κ1) is 10.9. The van der Waals surface area contributed by atoms with Crippen molar-refractivity contribution in [3.8, 4) is 0 Å². The van der Waals surface area contributed by atoms with Crippen molar-refractivity contribution in [3.63, 3.8) is 0 Å². The Hall–Kier alpha value is -0.570. The maximum atomic E-state index is 11.4. The smallest absolute Gasteiger partial charge is 0.219 e. The van der Waals surface area contributed by atoms with E-state index in [1.165, 1.54) is 38.5 Å². The average molecular weight is 210 g/mol. The van der Waals surface area contributed by atoms with E-state index in [2.05, 4.69) is 10.2 Å². The van der Waals surface area contributed by atoms with Crippen molar-refractivity contribution in [2.24, 2.45) is 0 Å². The third kappa shape index (κ3) is 2.71. The molecule has 2 aliphatic rings. The highest BCUT2D eigenvalue weighted by Gasteiger charge is 2.25. The van der Waals surface area contributed by atoms with E-state index in [0.717, 1.165) is 19.1 Å². The summed E-state index contributed by atoms with van der Waals surface area (Å²) in [6, 6.07) is 1.19. The Bertz CT molecular complexity index is 226. The van der Waals surface area contributed by atoms with Crippen LogP contribution in [0.25, 0.3) is 0 Å². The van der Waals surface area contributed by atoms with Crippen molar-refractivity contribution in [1.29, 1.82) is 0 Å². The quantitative estimate of drug-likeness (QED) is 0.766. The minimum Gasteiger partial charge on any atom is -0.339 e. The summed E-state index contributed by atoms with van der Waals surface area (Å²) in [5, 5.41) is 3.58. The maximum absolute atomic E-state index is 11.4. The summed E-state index contributed by atoms with van der Waals surface area (Å²) >= 11 is 0. The van der Waals surface area contributed by atoms with Crippen LogP contribution in [0.4, 0.5) is 0 Å². The molecule has 1 N–H and O–H groups in total. The molecule has 0 aromatic rings. The van der Waals surface area contributed by atoms with Gasteiger partial charge in [-0.2, -0.15) is 0 Å². The zero-order valence-corrected chi connectivity index (χ0v) is 9.67. The van der Waals surface area contributed by atoms with Gasteiger partial charge >= 0.3 is 0 Å². The summed E-state index contributed by atoms with van der Waals surface area (Å²) in [4.78, 5) is 13.5. The maximum Gasteiger partial charge on any atom is 0.219 e. The molecule has 0 aromatic heterocycles. The predicted molar refractivity (Wildman–Crippen MR) is 60.7 cm³/mol. The van der Waals surface area contributed by atoms with E-state index in [0.29, 0.717) is 6.04 Å². The molecule has 2 fully saturated rings. The highest BCUT2D eigenvalue weighted by Crippen LogP contribution is 2.20. The topological polar surface area (TPSA) is 32.3 Å². The number of likely N-dealkylation sites (tertiary alicyclic amines) is 1. The monoisotopic (exact) mass is 210 g/mol. The number of hydrogen-bond donors (Lipinski definition) is 1. The van der Waals surface area contributed by atoms with E-state index in [4.69, 9.17) is 0 Å². The van der Waals surface area contributed by atoms with Gasteiger partial charge in [-0.1, -0.05) is 6.42 Å². The van der Waals surface area contributed by atoms with Gasteiger partial charge in [0.25, 0.3) is 0 Å². The lowest BCUT2D eigenvalue weighted by Crippen LogP contribution is -2.50. The van der Waals surface area contributed by atoms with Gasteiger partial charge in [0.2, 0.25) is 5.91 Å². The summed E-state index contributed by atoms with van der Waals surface area (Å²) < 4.78 is 0. The van der Waals surface area contributed by atoms with Crippen molar-refractivity contribution in [3.05, 3.63) is 0 Å². The number of nitrogens with one attached hydrogen (secondary N) is 1. The predicted octanol–water partition coefficient (Wildman–Crippen LogP) is 1.53. The lowest BCUT2D eigenvalue weighted by molar-refractivity contribution is -0.132. The highest BCUT2D eigenvalue weighted by molar-refractivity contribution is 5.73. The minimum absolute atomic E-state index is 0.245. The number of hydrogen-bond acceptors (Lipinski definition) is 2. The van der Waals surface area contributed by atoms with Gasteiger partial charge < -0.3 is 10.2 Å². The van der Waals surface area contributed by atoms with Crippen LogP contribution in [0.5, 0.6) is 0 Å². The number of rotatable bonds is 3. The van der Waals surface area contributed by atoms with E-state index >= 15 is 0 Å². The lowest BCUT2D eigenvalue weighted by Gasteiger charge is -2.37. The van der Waals surface area contributed by atoms with Crippen LogP contribution in [0.1, 0.15) is 45.4 Å². The second-order valence-corrected chi connectivity index (χ2v) is 4.90. The zero-order chi connectivity index (χ0) is 10.7. The number of carbonyl (C=O) groups excluding carboxylic acids is 1. The van der Waals surface area contributed by atoms with Crippen molar-refractivity contribution in [2.75, 3.05) is 13.1 Å². The van der Waals surface area contributed by atoms with Gasteiger partial charge in [-0.3, -0.25) is 4.79 Å². The molecule has 0 radical (unpaired) electrons. The third-order valence-corrected chi connectivity index (χ3v) is 3.78. The molecule has 15 heavy (non-hydrogen) atoms. The van der Waals surface area contributed by atoms with Gasteiger partial charge in [0.1, 0.15) is 0 Å². The Morgan fingerprint density at radius 1 is 1.27 bits per heavy atom. The minimum atomic E-state index is 0.245. The molecule has 1 aliphatic carbocycles. The van der Waals surface area contributed by atoms with Crippen LogP contribution >= 0.6 is 0 Å². The molecule has 1 aliphatic heterocycles. The van der Waals surface area contributed by atoms with E-state index < -0.39 is 0 Å². The summed E-state index contributed by atoms with van der Waals surface area (Å²) in [5.41, 5.74) is 0. The first-order valence-corrected chi connectivity index (χ1v) is 6.28. The van der Waals surface area contributed by atoms with Crippen LogP contribution in [-0.2, 0) is 4.79 Å². The Labute approximate surface area is 92.2 Å². The summed E-state index contributed by atoms with van der Waals surface area (Å²) in [6.07, 6.45) is 7.66. The Morgan fingerprint density at radius 2 is 2.07 bits per heavy atom. The van der Waals surface area contributed by atoms with Crippen molar-refractivity contribution >= 4 is 5.91 Å². The van der Waals surface area contributed by atoms with E-state index in [9.17, 15) is 4.79 Å². The molecule has 1 amide bonds. The molecule has 1 heterocycles. The van der Waals surface area contributed by atoms with Crippen LogP contribution in [0.2, 0.25) is 0 Å². The van der Waals surface area contributed by atoms with Gasteiger partial charge in [-0.25, -0.2) is 0 Å². The molecule has 3 heteroatoms. The van der Waals surface area contributed by atoms with Crippen molar-refractivity contribution in [1.82, 2.24) is 10.2 Å². The zero-order valence-electron chi connectivity index (χ0n) is 9.67. The molecule has 1 saturated heterocycles. The van der Waals surface area contributed by atoms with Crippen LogP contribution in [0.3, 0.4) is 0 Å². The fourth-order valence-corrected chi connectivity index (χ4v) is 2.54. The molecule has 1 atom stereocenters. The number of amides is 1. The summed E-state index contributed by atoms with van der Waals surface area (Å²) in [7, 11) is 0. The SMILES string of the molecule is CC(=O)N1CCCCC1CNC1CCC1. The number of nitrogens with zero attached hydrogens (tertiary/aromatic N) is 1. The van der Waals surface area contributed by atoms with Crippen molar-refractivity contribution < 1.29 is 4.79 Å². The van der Waals surface area contributed by atoms with Crippen molar-refractivity contribution in [2.45, 2.75) is 57.5 Å². The Morgan fingerprint density at radius 3 is 2.67 bits per heavy atom. The summed E-state index contributed by atoms with van der Waals surface area (Å²) in [6.45, 7) is 3.66. The lowest BCUT2D eigenvalue weighted by atomic mass is 9.92. The van der Waals surface area contributed by atoms with Crippen LogP contribution < -0.4 is 5.32 Å². The Kier molecular flexibility index (Phi) is 3.62. The molecule has 1 unspecified atom stereocenters. The molecule has 2 rings (SSSR count). The fraction of sp³-hybridized carbons (Fsp3) is 0.917. The third-order valence-electron chi connectivity index (χ3n) is 3.78. The summed E-state index contributed by atoms with van der Waals surface area (Å²) in [5.74, 6) is 0.245. The molecule has 0 spiro atoms. The molecule has 0 aromatic carbocycles. The fourth-order valence-electron chi connectivity index (χ4n) is 2.54. The number of carbonyl (C=O) groups is 1. The molecule has 1 saturated carbocycles. The largest absolute Gasteiger partial charge is 0.339 e. The van der Waals surface area contributed by atoms with E-state index in [1.807, 2.05) is 0 Å². The molecule has 86 valence electrons. The second kappa shape index (κ2) is 4.97. The van der Waals surface area contributed by atoms with Gasteiger partial charge in [0.05, 0.1) is 0 Å².